The van der Waals surface area contributed by atoms with Crippen LogP contribution in [0.25, 0.3) is 0 Å². The molecule has 5 heteroatoms. The Balaban J connectivity index is 2.28. The molecule has 1 heterocycles. The van der Waals surface area contributed by atoms with E-state index in [-0.39, 0.29) is 18.8 Å². The summed E-state index contributed by atoms with van der Waals surface area (Å²) in [4.78, 5) is 3.55. The molecule has 0 aliphatic carbocycles. The fourth-order valence-electron chi connectivity index (χ4n) is 2.69. The first kappa shape index (κ1) is 15.6. The summed E-state index contributed by atoms with van der Waals surface area (Å²) in [5.74, 6) is 1.04. The first-order chi connectivity index (χ1) is 9.69. The van der Waals surface area contributed by atoms with Crippen LogP contribution in [0.4, 0.5) is 5.69 Å². The van der Waals surface area contributed by atoms with E-state index >= 15 is 0 Å². The van der Waals surface area contributed by atoms with Crippen molar-refractivity contribution in [1.82, 2.24) is 0 Å². The van der Waals surface area contributed by atoms with E-state index in [1.807, 2.05) is 18.7 Å². The van der Waals surface area contributed by atoms with Gasteiger partial charge in [0.25, 0.3) is 0 Å². The van der Waals surface area contributed by atoms with Gasteiger partial charge in [0, 0.05) is 35.8 Å². The van der Waals surface area contributed by atoms with Crippen LogP contribution in [-0.2, 0) is 11.3 Å². The second-order valence-corrected chi connectivity index (χ2v) is 6.35. The topological polar surface area (TPSA) is 58.7 Å². The average Bonchev–Trinajstić information content (AvgIpc) is 2.46. The molecule has 1 saturated heterocycles. The van der Waals surface area contributed by atoms with Crippen molar-refractivity contribution >= 4 is 17.4 Å². The third-order valence-corrected chi connectivity index (χ3v) is 4.47. The minimum atomic E-state index is -0.119. The minimum absolute atomic E-state index is 0.0577. The van der Waals surface area contributed by atoms with Crippen LogP contribution in [0.1, 0.15) is 19.4 Å². The number of hydrogen-bond donors (Lipinski definition) is 2. The lowest BCUT2D eigenvalue weighted by atomic mass is 10.1. The first-order valence-electron chi connectivity index (χ1n) is 7.15. The van der Waals surface area contributed by atoms with Gasteiger partial charge >= 0.3 is 0 Å². The molecule has 0 spiro atoms. The van der Waals surface area contributed by atoms with Crippen molar-refractivity contribution in [1.29, 1.82) is 0 Å². The van der Waals surface area contributed by atoms with Crippen molar-refractivity contribution in [2.75, 3.05) is 30.3 Å². The molecule has 20 heavy (non-hydrogen) atoms. The Morgan fingerprint density at radius 2 is 2.25 bits per heavy atom. The molecule has 1 aliphatic heterocycles. The molecule has 0 saturated carbocycles. The summed E-state index contributed by atoms with van der Waals surface area (Å²) in [7, 11) is 0. The number of benzene rings is 1. The lowest BCUT2D eigenvalue weighted by molar-refractivity contribution is -0.0421. The number of anilines is 1. The quantitative estimate of drug-likeness (QED) is 0.812. The number of ether oxygens (including phenoxy) is 1. The minimum Gasteiger partial charge on any atom is -0.394 e. The summed E-state index contributed by atoms with van der Waals surface area (Å²) in [6.07, 6.45) is 0.000803. The van der Waals surface area contributed by atoms with Gasteiger partial charge in [0.15, 0.2) is 0 Å². The Morgan fingerprint density at radius 3 is 2.90 bits per heavy atom. The van der Waals surface area contributed by atoms with Crippen LogP contribution in [0.3, 0.4) is 0 Å². The molecule has 0 radical (unpaired) electrons. The third kappa shape index (κ3) is 3.47. The van der Waals surface area contributed by atoms with Crippen LogP contribution in [0.5, 0.6) is 0 Å². The number of aliphatic hydroxyl groups is 1. The van der Waals surface area contributed by atoms with Gasteiger partial charge in [0.1, 0.15) is 0 Å². The molecule has 1 aliphatic rings. The molecular formula is C15H24N2O2S. The van der Waals surface area contributed by atoms with Gasteiger partial charge < -0.3 is 20.5 Å². The maximum atomic E-state index is 9.36. The highest BCUT2D eigenvalue weighted by atomic mass is 32.2. The number of thioether (sulfide) groups is 1. The Labute approximate surface area is 125 Å². The van der Waals surface area contributed by atoms with E-state index in [0.717, 1.165) is 12.3 Å². The molecule has 1 fully saturated rings. The van der Waals surface area contributed by atoms with Crippen LogP contribution in [0, 0.1) is 0 Å². The van der Waals surface area contributed by atoms with Crippen molar-refractivity contribution < 1.29 is 9.84 Å². The SMILES string of the molecule is CCSc1cccc(N2CC(C)OC(CO)C2)c1CN. The van der Waals surface area contributed by atoms with Crippen LogP contribution >= 0.6 is 11.8 Å². The van der Waals surface area contributed by atoms with Crippen molar-refractivity contribution in [2.24, 2.45) is 5.73 Å². The van der Waals surface area contributed by atoms with E-state index in [4.69, 9.17) is 10.5 Å². The molecule has 1 aromatic rings. The van der Waals surface area contributed by atoms with Gasteiger partial charge in [0.05, 0.1) is 18.8 Å². The Bertz CT molecular complexity index is 442. The monoisotopic (exact) mass is 296 g/mol. The summed E-state index contributed by atoms with van der Waals surface area (Å²) in [6, 6.07) is 6.34. The second kappa shape index (κ2) is 7.31. The number of nitrogens with two attached hydrogens (primary N) is 1. The van der Waals surface area contributed by atoms with E-state index in [9.17, 15) is 5.11 Å². The van der Waals surface area contributed by atoms with E-state index in [2.05, 4.69) is 30.0 Å². The molecule has 0 bridgehead atoms. The zero-order valence-corrected chi connectivity index (χ0v) is 13.0. The Kier molecular flexibility index (Phi) is 5.72. The predicted molar refractivity (Wildman–Crippen MR) is 84.4 cm³/mol. The summed E-state index contributed by atoms with van der Waals surface area (Å²) >= 11 is 1.82. The zero-order valence-electron chi connectivity index (χ0n) is 12.2. The molecule has 4 nitrogen and oxygen atoms in total. The summed E-state index contributed by atoms with van der Waals surface area (Å²) in [6.45, 7) is 6.34. The van der Waals surface area contributed by atoms with Gasteiger partial charge in [0.2, 0.25) is 0 Å². The largest absolute Gasteiger partial charge is 0.394 e. The van der Waals surface area contributed by atoms with Crippen LogP contribution in [0.15, 0.2) is 23.1 Å². The standard InChI is InChI=1S/C15H24N2O2S/c1-3-20-15-6-4-5-14(13(15)7-16)17-8-11(2)19-12(9-17)10-18/h4-6,11-12,18H,3,7-10,16H2,1-2H3. The van der Waals surface area contributed by atoms with Crippen molar-refractivity contribution in [3.05, 3.63) is 23.8 Å². The van der Waals surface area contributed by atoms with Crippen LogP contribution < -0.4 is 10.6 Å². The average molecular weight is 296 g/mol. The normalized spacial score (nSPS) is 23.1. The van der Waals surface area contributed by atoms with Gasteiger partial charge in [-0.1, -0.05) is 13.0 Å². The second-order valence-electron chi connectivity index (χ2n) is 5.05. The molecule has 0 amide bonds. The van der Waals surface area contributed by atoms with Gasteiger partial charge in [-0.15, -0.1) is 11.8 Å². The maximum Gasteiger partial charge on any atom is 0.0984 e. The maximum absolute atomic E-state index is 9.36. The van der Waals surface area contributed by atoms with Crippen LogP contribution in [0.2, 0.25) is 0 Å². The lowest BCUT2D eigenvalue weighted by Gasteiger charge is -2.38. The molecule has 2 atom stereocenters. The Hall–Kier alpha value is -0.750. The molecule has 2 unspecified atom stereocenters. The highest BCUT2D eigenvalue weighted by Gasteiger charge is 2.26. The lowest BCUT2D eigenvalue weighted by Crippen LogP contribution is -2.48. The number of nitrogens with zero attached hydrogens (tertiary/aromatic N) is 1. The van der Waals surface area contributed by atoms with E-state index in [1.54, 1.807) is 0 Å². The predicted octanol–water partition coefficient (Wildman–Crippen LogP) is 1.84. The van der Waals surface area contributed by atoms with Gasteiger partial charge in [-0.2, -0.15) is 0 Å². The van der Waals surface area contributed by atoms with Crippen molar-refractivity contribution in [2.45, 2.75) is 37.5 Å². The molecule has 0 aromatic heterocycles. The molecule has 3 N–H and O–H groups in total. The molecular weight excluding hydrogens is 272 g/mol. The molecule has 112 valence electrons. The smallest absolute Gasteiger partial charge is 0.0984 e. The summed E-state index contributed by atoms with van der Waals surface area (Å²) in [5.41, 5.74) is 8.35. The highest BCUT2D eigenvalue weighted by molar-refractivity contribution is 7.99. The van der Waals surface area contributed by atoms with Crippen molar-refractivity contribution in [3.63, 3.8) is 0 Å². The number of hydrogen-bond acceptors (Lipinski definition) is 5. The van der Waals surface area contributed by atoms with E-state index in [1.165, 1.54) is 16.1 Å². The van der Waals surface area contributed by atoms with Crippen LogP contribution in [-0.4, -0.2) is 42.8 Å². The molecule has 2 rings (SSSR count). The first-order valence-corrected chi connectivity index (χ1v) is 8.14. The summed E-state index contributed by atoms with van der Waals surface area (Å²) < 4.78 is 5.71. The fourth-order valence-corrected chi connectivity index (χ4v) is 3.54. The van der Waals surface area contributed by atoms with Gasteiger partial charge in [-0.3, -0.25) is 0 Å². The summed E-state index contributed by atoms with van der Waals surface area (Å²) in [5, 5.41) is 9.36. The number of aliphatic hydroxyl groups excluding tert-OH is 1. The van der Waals surface area contributed by atoms with E-state index < -0.39 is 0 Å². The third-order valence-electron chi connectivity index (χ3n) is 3.48. The highest BCUT2D eigenvalue weighted by Crippen LogP contribution is 2.32. The number of rotatable bonds is 5. The fraction of sp³-hybridized carbons (Fsp3) is 0.600. The zero-order chi connectivity index (χ0) is 14.5. The van der Waals surface area contributed by atoms with Crippen molar-refractivity contribution in [3.8, 4) is 0 Å². The molecule has 1 aromatic carbocycles. The Morgan fingerprint density at radius 1 is 1.45 bits per heavy atom. The van der Waals surface area contributed by atoms with E-state index in [0.29, 0.717) is 13.1 Å². The number of morpholine rings is 1. The van der Waals surface area contributed by atoms with Gasteiger partial charge in [-0.25, -0.2) is 0 Å². The van der Waals surface area contributed by atoms with Gasteiger partial charge in [-0.05, 0) is 24.8 Å².